The van der Waals surface area contributed by atoms with Crippen molar-refractivity contribution in [2.75, 3.05) is 26.7 Å². The Hall–Kier alpha value is -1.30. The van der Waals surface area contributed by atoms with Gasteiger partial charge in [-0.2, -0.15) is 0 Å². The lowest BCUT2D eigenvalue weighted by atomic mass is 9.87. The summed E-state index contributed by atoms with van der Waals surface area (Å²) in [5.41, 5.74) is -0.524. The van der Waals surface area contributed by atoms with Gasteiger partial charge in [0.25, 0.3) is 0 Å². The zero-order chi connectivity index (χ0) is 14.3. The van der Waals surface area contributed by atoms with Gasteiger partial charge in [0.2, 0.25) is 0 Å². The number of amides is 2. The van der Waals surface area contributed by atoms with Crippen LogP contribution < -0.4 is 10.6 Å². The highest BCUT2D eigenvalue weighted by atomic mass is 16.4. The van der Waals surface area contributed by atoms with Crippen LogP contribution in [0.3, 0.4) is 0 Å². The van der Waals surface area contributed by atoms with Crippen molar-refractivity contribution in [1.29, 1.82) is 0 Å². The summed E-state index contributed by atoms with van der Waals surface area (Å²) in [6, 6.07) is -1.34. The van der Waals surface area contributed by atoms with E-state index in [1.54, 1.807) is 20.8 Å². The Labute approximate surface area is 109 Å². The molecule has 0 unspecified atom stereocenters. The molecule has 0 heterocycles. The van der Waals surface area contributed by atoms with Crippen LogP contribution in [0, 0.1) is 5.41 Å². The molecule has 0 bridgehead atoms. The Morgan fingerprint density at radius 2 is 1.89 bits per heavy atom. The molecule has 0 saturated heterocycles. The largest absolute Gasteiger partial charge is 0.480 e. The molecule has 0 saturated carbocycles. The Balaban J connectivity index is 4.16. The van der Waals surface area contributed by atoms with Crippen molar-refractivity contribution < 1.29 is 14.7 Å². The molecule has 0 spiro atoms. The second kappa shape index (κ2) is 7.20. The molecule has 0 aromatic carbocycles. The van der Waals surface area contributed by atoms with Gasteiger partial charge in [-0.25, -0.2) is 9.59 Å². The topological polar surface area (TPSA) is 81.7 Å². The molecule has 2 amide bonds. The number of urea groups is 1. The second-order valence-electron chi connectivity index (χ2n) is 5.43. The highest BCUT2D eigenvalue weighted by Gasteiger charge is 2.32. The molecule has 0 radical (unpaired) electrons. The first-order valence-corrected chi connectivity index (χ1v) is 6.14. The van der Waals surface area contributed by atoms with E-state index in [0.717, 1.165) is 13.1 Å². The van der Waals surface area contributed by atoms with Crippen LogP contribution in [-0.4, -0.2) is 54.7 Å². The maximum Gasteiger partial charge on any atom is 0.326 e. The first-order valence-electron chi connectivity index (χ1n) is 6.14. The van der Waals surface area contributed by atoms with Crippen molar-refractivity contribution in [3.8, 4) is 0 Å². The lowest BCUT2D eigenvalue weighted by molar-refractivity contribution is -0.141. The summed E-state index contributed by atoms with van der Waals surface area (Å²) in [6.45, 7) is 9.48. The van der Waals surface area contributed by atoms with Crippen molar-refractivity contribution >= 4 is 12.0 Å². The number of carbonyl (C=O) groups excluding carboxylic acids is 1. The maximum atomic E-state index is 11.6. The van der Waals surface area contributed by atoms with Crippen molar-refractivity contribution in [2.45, 2.75) is 33.7 Å². The molecule has 106 valence electrons. The van der Waals surface area contributed by atoms with E-state index < -0.39 is 23.5 Å². The van der Waals surface area contributed by atoms with Gasteiger partial charge in [0.15, 0.2) is 0 Å². The summed E-state index contributed by atoms with van der Waals surface area (Å²) in [6.07, 6.45) is 0. The Morgan fingerprint density at radius 3 is 2.28 bits per heavy atom. The molecule has 18 heavy (non-hydrogen) atoms. The quantitative estimate of drug-likeness (QED) is 0.657. The summed E-state index contributed by atoms with van der Waals surface area (Å²) in [4.78, 5) is 24.7. The third-order valence-corrected chi connectivity index (χ3v) is 2.71. The van der Waals surface area contributed by atoms with E-state index in [2.05, 4.69) is 15.5 Å². The summed E-state index contributed by atoms with van der Waals surface area (Å²) in [5.74, 6) is -1.02. The number of carbonyl (C=O) groups is 2. The zero-order valence-corrected chi connectivity index (χ0v) is 11.9. The average molecular weight is 259 g/mol. The number of nitrogens with one attached hydrogen (secondary N) is 2. The highest BCUT2D eigenvalue weighted by molar-refractivity contribution is 5.83. The Bertz CT molecular complexity index is 287. The van der Waals surface area contributed by atoms with Crippen LogP contribution in [0.15, 0.2) is 0 Å². The van der Waals surface area contributed by atoms with E-state index in [1.165, 1.54) is 0 Å². The van der Waals surface area contributed by atoms with Crippen LogP contribution >= 0.6 is 0 Å². The van der Waals surface area contributed by atoms with Crippen LogP contribution in [-0.2, 0) is 4.79 Å². The number of aliphatic carboxylic acids is 1. The second-order valence-corrected chi connectivity index (χ2v) is 5.43. The molecule has 6 nitrogen and oxygen atoms in total. The van der Waals surface area contributed by atoms with Gasteiger partial charge in [0.05, 0.1) is 0 Å². The van der Waals surface area contributed by atoms with E-state index in [1.807, 2.05) is 14.0 Å². The molecule has 0 rings (SSSR count). The molecular weight excluding hydrogens is 234 g/mol. The summed E-state index contributed by atoms with van der Waals surface area (Å²) >= 11 is 0. The van der Waals surface area contributed by atoms with Gasteiger partial charge < -0.3 is 20.6 Å². The van der Waals surface area contributed by atoms with Crippen LogP contribution in [0.1, 0.15) is 27.7 Å². The van der Waals surface area contributed by atoms with Gasteiger partial charge in [0.1, 0.15) is 6.04 Å². The molecule has 1 atom stereocenters. The van der Waals surface area contributed by atoms with Crippen LogP contribution in [0.25, 0.3) is 0 Å². The van der Waals surface area contributed by atoms with Gasteiger partial charge in [-0.05, 0) is 19.0 Å². The molecule has 3 N–H and O–H groups in total. The number of hydrogen-bond acceptors (Lipinski definition) is 3. The van der Waals surface area contributed by atoms with Crippen molar-refractivity contribution in [3.63, 3.8) is 0 Å². The summed E-state index contributed by atoms with van der Waals surface area (Å²) < 4.78 is 0. The van der Waals surface area contributed by atoms with Crippen molar-refractivity contribution in [1.82, 2.24) is 15.5 Å². The van der Waals surface area contributed by atoms with Gasteiger partial charge in [-0.3, -0.25) is 0 Å². The number of hydrogen-bond donors (Lipinski definition) is 3. The van der Waals surface area contributed by atoms with Crippen LogP contribution in [0.4, 0.5) is 4.79 Å². The maximum absolute atomic E-state index is 11.6. The van der Waals surface area contributed by atoms with E-state index in [4.69, 9.17) is 5.11 Å². The SMILES string of the molecule is CCN(C)CCNC(=O)N[C@H](C(=O)O)C(C)(C)C. The Morgan fingerprint density at radius 1 is 1.33 bits per heavy atom. The molecule has 0 aromatic rings. The number of nitrogens with zero attached hydrogens (tertiary/aromatic N) is 1. The molecule has 0 aliphatic rings. The minimum atomic E-state index is -1.02. The molecule has 6 heteroatoms. The van der Waals surface area contributed by atoms with Gasteiger partial charge >= 0.3 is 12.0 Å². The fraction of sp³-hybridized carbons (Fsp3) is 0.833. The first-order chi connectivity index (χ1) is 8.18. The number of carboxylic acids is 1. The minimum Gasteiger partial charge on any atom is -0.480 e. The average Bonchev–Trinajstić information content (AvgIpc) is 2.23. The third kappa shape index (κ3) is 6.44. The predicted molar refractivity (Wildman–Crippen MR) is 70.6 cm³/mol. The lowest BCUT2D eigenvalue weighted by Crippen LogP contribution is -2.52. The lowest BCUT2D eigenvalue weighted by Gasteiger charge is -2.27. The molecule has 0 aromatic heterocycles. The van der Waals surface area contributed by atoms with Crippen molar-refractivity contribution in [2.24, 2.45) is 5.41 Å². The fourth-order valence-corrected chi connectivity index (χ4v) is 1.35. The van der Waals surface area contributed by atoms with Gasteiger partial charge in [-0.15, -0.1) is 0 Å². The van der Waals surface area contributed by atoms with E-state index >= 15 is 0 Å². The standard InChI is InChI=1S/C12H25N3O3/c1-6-15(5)8-7-13-11(18)14-9(10(16)17)12(2,3)4/h9H,6-8H2,1-5H3,(H,16,17)(H2,13,14,18)/t9-/m1/s1. The number of carboxylic acid groups (broad SMARTS) is 1. The first kappa shape index (κ1) is 16.7. The highest BCUT2D eigenvalue weighted by Crippen LogP contribution is 2.19. The van der Waals surface area contributed by atoms with E-state index in [-0.39, 0.29) is 0 Å². The van der Waals surface area contributed by atoms with Gasteiger partial charge in [-0.1, -0.05) is 27.7 Å². The number of rotatable bonds is 6. The van der Waals surface area contributed by atoms with Crippen LogP contribution in [0.5, 0.6) is 0 Å². The van der Waals surface area contributed by atoms with E-state index in [9.17, 15) is 9.59 Å². The van der Waals surface area contributed by atoms with E-state index in [0.29, 0.717) is 6.54 Å². The fourth-order valence-electron chi connectivity index (χ4n) is 1.35. The normalized spacial score (nSPS) is 13.2. The van der Waals surface area contributed by atoms with Crippen molar-refractivity contribution in [3.05, 3.63) is 0 Å². The monoisotopic (exact) mass is 259 g/mol. The minimum absolute atomic E-state index is 0.443. The molecule has 0 fully saturated rings. The molecule has 0 aliphatic carbocycles. The zero-order valence-electron chi connectivity index (χ0n) is 11.9. The van der Waals surface area contributed by atoms with Gasteiger partial charge in [0, 0.05) is 13.1 Å². The molecule has 0 aliphatic heterocycles. The summed E-state index contributed by atoms with van der Waals surface area (Å²) in [7, 11) is 1.95. The Kier molecular flexibility index (Phi) is 6.68. The third-order valence-electron chi connectivity index (χ3n) is 2.71. The molecular formula is C12H25N3O3. The number of likely N-dealkylation sites (N-methyl/N-ethyl adjacent to an activating group) is 1. The smallest absolute Gasteiger partial charge is 0.326 e. The summed E-state index contributed by atoms with van der Waals surface area (Å²) in [5, 5.41) is 14.2. The van der Waals surface area contributed by atoms with Crippen LogP contribution in [0.2, 0.25) is 0 Å². The predicted octanol–water partition coefficient (Wildman–Crippen LogP) is 0.737.